The maximum Gasteiger partial charge on any atom is 0.264 e. The van der Waals surface area contributed by atoms with E-state index >= 15 is 0 Å². The Kier molecular flexibility index (Phi) is 5.99. The lowest BCUT2D eigenvalue weighted by atomic mass is 10.1. The average molecular weight is 477 g/mol. The molecule has 0 spiro atoms. The Morgan fingerprint density at radius 1 is 0.971 bits per heavy atom. The number of rotatable bonds is 6. The molecular formula is C24H24N6O3S. The smallest absolute Gasteiger partial charge is 0.264 e. The molecule has 0 atom stereocenters. The van der Waals surface area contributed by atoms with Crippen LogP contribution in [0.5, 0.6) is 0 Å². The van der Waals surface area contributed by atoms with Crippen molar-refractivity contribution in [3.63, 3.8) is 0 Å². The van der Waals surface area contributed by atoms with E-state index in [4.69, 9.17) is 0 Å². The van der Waals surface area contributed by atoms with Crippen LogP contribution in [0.15, 0.2) is 78.0 Å². The molecule has 174 valence electrons. The second-order valence-electron chi connectivity index (χ2n) is 8.15. The number of piperazine rings is 1. The number of benzene rings is 2. The highest BCUT2D eigenvalue weighted by Gasteiger charge is 2.23. The van der Waals surface area contributed by atoms with Crippen molar-refractivity contribution in [3.05, 3.63) is 84.3 Å². The predicted octanol–water partition coefficient (Wildman–Crippen LogP) is 2.72. The third-order valence-electron chi connectivity index (χ3n) is 5.87. The molecule has 0 aliphatic carbocycles. The molecule has 2 N–H and O–H groups in total. The van der Waals surface area contributed by atoms with E-state index in [0.29, 0.717) is 29.9 Å². The molecule has 5 rings (SSSR count). The number of nitrogens with zero attached hydrogens (tertiary/aromatic N) is 4. The number of carbonyl (C=O) groups excluding carboxylic acids is 1. The summed E-state index contributed by atoms with van der Waals surface area (Å²) in [7, 11) is -3.84. The molecule has 10 heteroatoms. The molecule has 34 heavy (non-hydrogen) atoms. The van der Waals surface area contributed by atoms with Crippen molar-refractivity contribution < 1.29 is 13.2 Å². The third kappa shape index (κ3) is 4.63. The number of carbonyl (C=O) groups is 1. The first-order valence-corrected chi connectivity index (χ1v) is 12.4. The Morgan fingerprint density at radius 3 is 2.47 bits per heavy atom. The second-order valence-corrected chi connectivity index (χ2v) is 9.80. The van der Waals surface area contributed by atoms with Gasteiger partial charge in [-0.3, -0.25) is 24.5 Å². The van der Waals surface area contributed by atoms with Crippen molar-refractivity contribution in [1.82, 2.24) is 25.0 Å². The van der Waals surface area contributed by atoms with Gasteiger partial charge in [-0.15, -0.1) is 0 Å². The summed E-state index contributed by atoms with van der Waals surface area (Å²) < 4.78 is 28.6. The van der Waals surface area contributed by atoms with Gasteiger partial charge in [-0.25, -0.2) is 8.42 Å². The van der Waals surface area contributed by atoms with E-state index in [1.54, 1.807) is 48.8 Å². The lowest BCUT2D eigenvalue weighted by Gasteiger charge is -2.34. The zero-order valence-electron chi connectivity index (χ0n) is 18.4. The fourth-order valence-electron chi connectivity index (χ4n) is 4.08. The van der Waals surface area contributed by atoms with E-state index in [9.17, 15) is 13.2 Å². The Hall–Kier alpha value is -3.76. The number of fused-ring (bicyclic) bond motifs is 1. The average Bonchev–Trinajstić information content (AvgIpc) is 3.37. The topological polar surface area (TPSA) is 111 Å². The molecule has 0 bridgehead atoms. The first-order valence-electron chi connectivity index (χ1n) is 11.0. The molecule has 1 amide bonds. The Labute approximate surface area is 197 Å². The van der Waals surface area contributed by atoms with Gasteiger partial charge < -0.3 is 4.90 Å². The molecule has 0 radical (unpaired) electrons. The molecule has 1 aliphatic rings. The molecule has 3 heterocycles. The van der Waals surface area contributed by atoms with Crippen LogP contribution in [0.2, 0.25) is 0 Å². The number of H-pyrrole nitrogens is 1. The standard InChI is InChI=1S/C24H24N6O3S/c31-24(30-15-13-29(14-16-30)17-21-10-12-26-27-21)19-6-8-20(9-7-19)28-34(32,33)22-5-1-3-18-4-2-11-25-23(18)22/h1-12,28H,13-17H2,(H,26,27). The highest BCUT2D eigenvalue weighted by Crippen LogP contribution is 2.23. The van der Waals surface area contributed by atoms with Crippen LogP contribution in [-0.2, 0) is 16.6 Å². The largest absolute Gasteiger partial charge is 0.336 e. The number of pyridine rings is 1. The number of hydrogen-bond donors (Lipinski definition) is 2. The molecular weight excluding hydrogens is 452 g/mol. The summed E-state index contributed by atoms with van der Waals surface area (Å²) in [5.41, 5.74) is 2.30. The summed E-state index contributed by atoms with van der Waals surface area (Å²) in [6, 6.07) is 17.1. The first-order chi connectivity index (χ1) is 16.5. The van der Waals surface area contributed by atoms with Gasteiger partial charge in [0.25, 0.3) is 15.9 Å². The number of nitrogens with one attached hydrogen (secondary N) is 2. The van der Waals surface area contributed by atoms with Gasteiger partial charge in [-0.1, -0.05) is 18.2 Å². The number of hydrogen-bond acceptors (Lipinski definition) is 6. The van der Waals surface area contributed by atoms with E-state index in [1.165, 1.54) is 6.07 Å². The predicted molar refractivity (Wildman–Crippen MR) is 129 cm³/mol. The SMILES string of the molecule is O=C(c1ccc(NS(=O)(=O)c2cccc3cccnc23)cc1)N1CCN(Cc2cc[nH]n2)CC1. The maximum absolute atomic E-state index is 13.0. The van der Waals surface area contributed by atoms with E-state index in [0.717, 1.165) is 30.7 Å². The van der Waals surface area contributed by atoms with Crippen molar-refractivity contribution in [2.24, 2.45) is 0 Å². The number of aromatic amines is 1. The molecule has 2 aromatic heterocycles. The lowest BCUT2D eigenvalue weighted by Crippen LogP contribution is -2.48. The van der Waals surface area contributed by atoms with Gasteiger partial charge in [0.05, 0.1) is 11.2 Å². The molecule has 0 saturated carbocycles. The van der Waals surface area contributed by atoms with Gasteiger partial charge in [0.2, 0.25) is 0 Å². The van der Waals surface area contributed by atoms with Gasteiger partial charge in [0.15, 0.2) is 0 Å². The lowest BCUT2D eigenvalue weighted by molar-refractivity contribution is 0.0627. The zero-order chi connectivity index (χ0) is 23.5. The molecule has 1 saturated heterocycles. The minimum Gasteiger partial charge on any atom is -0.336 e. The fourth-order valence-corrected chi connectivity index (χ4v) is 5.32. The van der Waals surface area contributed by atoms with Gasteiger partial charge in [-0.05, 0) is 42.5 Å². The molecule has 0 unspecified atom stereocenters. The molecule has 9 nitrogen and oxygen atoms in total. The number of sulfonamides is 1. The van der Waals surface area contributed by atoms with E-state index in [-0.39, 0.29) is 10.8 Å². The van der Waals surface area contributed by atoms with Gasteiger partial charge in [-0.2, -0.15) is 5.10 Å². The van der Waals surface area contributed by atoms with E-state index in [2.05, 4.69) is 24.8 Å². The summed E-state index contributed by atoms with van der Waals surface area (Å²) in [5, 5.41) is 7.74. The van der Waals surface area contributed by atoms with Crippen LogP contribution in [0.3, 0.4) is 0 Å². The highest BCUT2D eigenvalue weighted by atomic mass is 32.2. The van der Waals surface area contributed by atoms with Crippen LogP contribution < -0.4 is 4.72 Å². The normalized spacial score (nSPS) is 14.9. The van der Waals surface area contributed by atoms with E-state index < -0.39 is 10.0 Å². The molecule has 2 aromatic carbocycles. The number of amides is 1. The monoisotopic (exact) mass is 476 g/mol. The van der Waals surface area contributed by atoms with Crippen LogP contribution in [0.1, 0.15) is 16.1 Å². The molecule has 1 fully saturated rings. The minimum atomic E-state index is -3.84. The summed E-state index contributed by atoms with van der Waals surface area (Å²) in [6.45, 7) is 3.56. The summed E-state index contributed by atoms with van der Waals surface area (Å²) in [5.74, 6) is -0.0629. The van der Waals surface area contributed by atoms with Gasteiger partial charge in [0.1, 0.15) is 4.90 Å². The van der Waals surface area contributed by atoms with Crippen molar-refractivity contribution in [3.8, 4) is 0 Å². The minimum absolute atomic E-state index is 0.0629. The van der Waals surface area contributed by atoms with E-state index in [1.807, 2.05) is 23.1 Å². The quantitative estimate of drug-likeness (QED) is 0.443. The Bertz CT molecular complexity index is 1390. The summed E-state index contributed by atoms with van der Waals surface area (Å²) in [4.78, 5) is 21.4. The molecule has 4 aromatic rings. The number of para-hydroxylation sites is 1. The van der Waals surface area contributed by atoms with Gasteiger partial charge >= 0.3 is 0 Å². The van der Waals surface area contributed by atoms with Crippen LogP contribution >= 0.6 is 0 Å². The first kappa shape index (κ1) is 22.1. The number of aromatic nitrogens is 3. The summed E-state index contributed by atoms with van der Waals surface area (Å²) >= 11 is 0. The fraction of sp³-hybridized carbons (Fsp3) is 0.208. The second kappa shape index (κ2) is 9.24. The molecule has 1 aliphatic heterocycles. The Balaban J connectivity index is 1.23. The van der Waals surface area contributed by atoms with Crippen LogP contribution in [-0.4, -0.2) is 65.5 Å². The number of anilines is 1. The highest BCUT2D eigenvalue weighted by molar-refractivity contribution is 7.93. The van der Waals surface area contributed by atoms with Crippen molar-refractivity contribution >= 4 is 32.5 Å². The van der Waals surface area contributed by atoms with Crippen molar-refractivity contribution in [1.29, 1.82) is 0 Å². The summed E-state index contributed by atoms with van der Waals surface area (Å²) in [6.07, 6.45) is 3.37. The van der Waals surface area contributed by atoms with Crippen LogP contribution in [0.4, 0.5) is 5.69 Å². The maximum atomic E-state index is 13.0. The van der Waals surface area contributed by atoms with Crippen molar-refractivity contribution in [2.75, 3.05) is 30.9 Å². The third-order valence-corrected chi connectivity index (χ3v) is 7.29. The zero-order valence-corrected chi connectivity index (χ0v) is 19.2. The van der Waals surface area contributed by atoms with Crippen LogP contribution in [0, 0.1) is 0 Å². The van der Waals surface area contributed by atoms with Crippen molar-refractivity contribution in [2.45, 2.75) is 11.4 Å². The Morgan fingerprint density at radius 2 is 1.74 bits per heavy atom. The van der Waals surface area contributed by atoms with Crippen LogP contribution in [0.25, 0.3) is 10.9 Å². The van der Waals surface area contributed by atoms with Gasteiger partial charge in [0, 0.05) is 61.8 Å².